The van der Waals surface area contributed by atoms with Crippen LogP contribution in [0.2, 0.25) is 0 Å². The number of carbonyl (C=O) groups is 1. The third-order valence-corrected chi connectivity index (χ3v) is 9.31. The molecule has 1 aliphatic carbocycles. The van der Waals surface area contributed by atoms with Gasteiger partial charge in [0.05, 0.1) is 15.5 Å². The number of thiophene rings is 1. The van der Waals surface area contributed by atoms with E-state index in [1.165, 1.54) is 54.9 Å². The van der Waals surface area contributed by atoms with E-state index in [-0.39, 0.29) is 10.8 Å². The molecule has 1 aromatic carbocycles. The molecule has 32 heavy (non-hydrogen) atoms. The van der Waals surface area contributed by atoms with Crippen molar-refractivity contribution in [1.29, 1.82) is 0 Å². The Labute approximate surface area is 195 Å². The lowest BCUT2D eigenvalue weighted by atomic mass is 9.97. The smallest absolute Gasteiger partial charge is 0.242 e. The second-order valence-electron chi connectivity index (χ2n) is 7.85. The SMILES string of the molecule is CC(Sc1nc(N)c2c3c(sc2n1)CCCC3)C(=O)Nc1cccc(S(=O)(=O)N(C)C)c1. The molecule has 0 saturated carbocycles. The van der Waals surface area contributed by atoms with Crippen molar-refractivity contribution in [3.63, 3.8) is 0 Å². The molecule has 2 heterocycles. The van der Waals surface area contributed by atoms with E-state index in [2.05, 4.69) is 15.3 Å². The molecular formula is C21H25N5O3S3. The molecule has 1 atom stereocenters. The van der Waals surface area contributed by atoms with Crippen LogP contribution in [0.1, 0.15) is 30.2 Å². The molecule has 0 aliphatic heterocycles. The van der Waals surface area contributed by atoms with Gasteiger partial charge in [-0.3, -0.25) is 4.79 Å². The van der Waals surface area contributed by atoms with Crippen LogP contribution < -0.4 is 11.1 Å². The van der Waals surface area contributed by atoms with Crippen LogP contribution in [0.25, 0.3) is 10.2 Å². The van der Waals surface area contributed by atoms with E-state index in [0.717, 1.165) is 33.8 Å². The molecule has 3 aromatic rings. The summed E-state index contributed by atoms with van der Waals surface area (Å²) < 4.78 is 25.8. The van der Waals surface area contributed by atoms with E-state index in [4.69, 9.17) is 5.73 Å². The predicted molar refractivity (Wildman–Crippen MR) is 130 cm³/mol. The van der Waals surface area contributed by atoms with Crippen LogP contribution in [0.4, 0.5) is 11.5 Å². The zero-order valence-electron chi connectivity index (χ0n) is 18.1. The van der Waals surface area contributed by atoms with Gasteiger partial charge >= 0.3 is 0 Å². The Kier molecular flexibility index (Phi) is 6.44. The summed E-state index contributed by atoms with van der Waals surface area (Å²) in [7, 11) is -0.659. The largest absolute Gasteiger partial charge is 0.383 e. The zero-order chi connectivity index (χ0) is 23.0. The summed E-state index contributed by atoms with van der Waals surface area (Å²) in [6, 6.07) is 6.19. The van der Waals surface area contributed by atoms with Gasteiger partial charge in [-0.05, 0) is 56.4 Å². The first-order valence-corrected chi connectivity index (χ1v) is 13.4. The van der Waals surface area contributed by atoms with Gasteiger partial charge in [0, 0.05) is 24.7 Å². The van der Waals surface area contributed by atoms with E-state index in [1.807, 2.05) is 0 Å². The Morgan fingerprint density at radius 3 is 2.75 bits per heavy atom. The van der Waals surface area contributed by atoms with Crippen LogP contribution in [0.5, 0.6) is 0 Å². The molecule has 0 radical (unpaired) electrons. The minimum absolute atomic E-state index is 0.115. The number of hydrogen-bond donors (Lipinski definition) is 2. The van der Waals surface area contributed by atoms with Crippen molar-refractivity contribution in [1.82, 2.24) is 14.3 Å². The molecule has 0 fully saturated rings. The molecular weight excluding hydrogens is 466 g/mol. The maximum Gasteiger partial charge on any atom is 0.242 e. The molecule has 170 valence electrons. The Hall–Kier alpha value is -2.21. The fraction of sp³-hybridized carbons (Fsp3) is 0.381. The first-order valence-electron chi connectivity index (χ1n) is 10.2. The molecule has 3 N–H and O–H groups in total. The minimum atomic E-state index is -3.59. The number of nitrogens with zero attached hydrogens (tertiary/aromatic N) is 3. The second kappa shape index (κ2) is 8.97. The number of nitrogen functional groups attached to an aromatic ring is 1. The van der Waals surface area contributed by atoms with E-state index in [9.17, 15) is 13.2 Å². The Balaban J connectivity index is 1.50. The fourth-order valence-electron chi connectivity index (χ4n) is 3.62. The maximum absolute atomic E-state index is 12.7. The second-order valence-corrected chi connectivity index (χ2v) is 12.4. The first kappa shape index (κ1) is 23.0. The Morgan fingerprint density at radius 2 is 2.00 bits per heavy atom. The van der Waals surface area contributed by atoms with E-state index >= 15 is 0 Å². The highest BCUT2D eigenvalue weighted by Crippen LogP contribution is 2.39. The lowest BCUT2D eigenvalue weighted by Crippen LogP contribution is -2.24. The van der Waals surface area contributed by atoms with Crippen molar-refractivity contribution in [3.05, 3.63) is 34.7 Å². The predicted octanol–water partition coefficient (Wildman–Crippen LogP) is 3.52. The number of hydrogen-bond acceptors (Lipinski definition) is 8. The number of aromatic nitrogens is 2. The summed E-state index contributed by atoms with van der Waals surface area (Å²) in [6.45, 7) is 1.75. The average molecular weight is 492 g/mol. The highest BCUT2D eigenvalue weighted by atomic mass is 32.2. The number of anilines is 2. The van der Waals surface area contributed by atoms with Crippen molar-refractivity contribution < 1.29 is 13.2 Å². The normalized spacial score (nSPS) is 15.0. The van der Waals surface area contributed by atoms with Crippen LogP contribution in [0, 0.1) is 0 Å². The van der Waals surface area contributed by atoms with E-state index in [1.54, 1.807) is 30.4 Å². The number of nitrogens with one attached hydrogen (secondary N) is 1. The van der Waals surface area contributed by atoms with Crippen LogP contribution in [-0.4, -0.2) is 47.9 Å². The van der Waals surface area contributed by atoms with Gasteiger partial charge in [-0.1, -0.05) is 17.8 Å². The van der Waals surface area contributed by atoms with Crippen LogP contribution >= 0.6 is 23.1 Å². The molecule has 1 unspecified atom stereocenters. The Morgan fingerprint density at radius 1 is 1.25 bits per heavy atom. The van der Waals surface area contributed by atoms with Gasteiger partial charge in [0.15, 0.2) is 5.16 Å². The highest BCUT2D eigenvalue weighted by molar-refractivity contribution is 8.00. The van der Waals surface area contributed by atoms with Crippen LogP contribution in [-0.2, 0) is 27.7 Å². The molecule has 0 bridgehead atoms. The summed E-state index contributed by atoms with van der Waals surface area (Å²) in [5.74, 6) is 0.188. The molecule has 4 rings (SSSR count). The number of nitrogens with two attached hydrogens (primary N) is 1. The van der Waals surface area contributed by atoms with Gasteiger partial charge in [-0.15, -0.1) is 11.3 Å². The molecule has 1 amide bonds. The number of benzene rings is 1. The number of fused-ring (bicyclic) bond motifs is 3. The molecule has 0 saturated heterocycles. The summed E-state index contributed by atoms with van der Waals surface area (Å²) >= 11 is 2.89. The molecule has 2 aromatic heterocycles. The molecule has 8 nitrogen and oxygen atoms in total. The van der Waals surface area contributed by atoms with Gasteiger partial charge in [-0.25, -0.2) is 22.7 Å². The lowest BCUT2D eigenvalue weighted by molar-refractivity contribution is -0.115. The van der Waals surface area contributed by atoms with Gasteiger partial charge in [-0.2, -0.15) is 0 Å². The van der Waals surface area contributed by atoms with E-state index < -0.39 is 15.3 Å². The van der Waals surface area contributed by atoms with Gasteiger partial charge in [0.2, 0.25) is 15.9 Å². The highest BCUT2D eigenvalue weighted by Gasteiger charge is 2.23. The van der Waals surface area contributed by atoms with Crippen molar-refractivity contribution in [2.24, 2.45) is 0 Å². The minimum Gasteiger partial charge on any atom is -0.383 e. The van der Waals surface area contributed by atoms with Gasteiger partial charge in [0.25, 0.3) is 0 Å². The van der Waals surface area contributed by atoms with Crippen molar-refractivity contribution in [2.45, 2.75) is 47.9 Å². The average Bonchev–Trinajstić information content (AvgIpc) is 3.12. The summed E-state index contributed by atoms with van der Waals surface area (Å²) in [6.07, 6.45) is 4.41. The topological polar surface area (TPSA) is 118 Å². The summed E-state index contributed by atoms with van der Waals surface area (Å²) in [4.78, 5) is 24.2. The number of rotatable bonds is 6. The van der Waals surface area contributed by atoms with Crippen LogP contribution in [0.3, 0.4) is 0 Å². The monoisotopic (exact) mass is 491 g/mol. The van der Waals surface area contributed by atoms with Gasteiger partial charge in [0.1, 0.15) is 10.6 Å². The molecule has 1 aliphatic rings. The summed E-state index contributed by atoms with van der Waals surface area (Å²) in [5, 5.41) is 3.70. The van der Waals surface area contributed by atoms with Crippen LogP contribution in [0.15, 0.2) is 34.3 Å². The van der Waals surface area contributed by atoms with Gasteiger partial charge < -0.3 is 11.1 Å². The fourth-order valence-corrected chi connectivity index (χ4v) is 6.67. The maximum atomic E-state index is 12.7. The third-order valence-electron chi connectivity index (χ3n) is 5.35. The Bertz CT molecular complexity index is 1290. The number of carbonyl (C=O) groups excluding carboxylic acids is 1. The number of amides is 1. The first-order chi connectivity index (χ1) is 15.2. The number of thioether (sulfide) groups is 1. The number of sulfonamides is 1. The zero-order valence-corrected chi connectivity index (χ0v) is 20.5. The van der Waals surface area contributed by atoms with Crippen molar-refractivity contribution in [2.75, 3.05) is 25.1 Å². The van der Waals surface area contributed by atoms with Crippen molar-refractivity contribution >= 4 is 60.8 Å². The number of aryl methyl sites for hydroxylation is 2. The lowest BCUT2D eigenvalue weighted by Gasteiger charge is -2.14. The molecule has 11 heteroatoms. The molecule has 0 spiro atoms. The quantitative estimate of drug-likeness (QED) is 0.400. The van der Waals surface area contributed by atoms with Crippen molar-refractivity contribution in [3.8, 4) is 0 Å². The standard InChI is InChI=1S/C21H25N5O3S3/c1-12(19(27)23-13-7-6-8-14(11-13)32(28,29)26(2)3)30-21-24-18(22)17-15-9-4-5-10-16(15)31-20(17)25-21/h6-8,11-12H,4-5,9-10H2,1-3H3,(H,23,27)(H2,22,24,25). The summed E-state index contributed by atoms with van der Waals surface area (Å²) in [5.41, 5.74) is 7.95. The third kappa shape index (κ3) is 4.47. The van der Waals surface area contributed by atoms with E-state index in [0.29, 0.717) is 16.7 Å².